The van der Waals surface area contributed by atoms with E-state index in [2.05, 4.69) is 15.0 Å². The second-order valence-electron chi connectivity index (χ2n) is 6.06. The number of anilines is 1. The Labute approximate surface area is 161 Å². The van der Waals surface area contributed by atoms with Crippen molar-refractivity contribution in [2.75, 3.05) is 25.1 Å². The number of aromatic nitrogens is 1. The molecular weight excluding hydrogens is 382 g/mol. The Morgan fingerprint density at radius 1 is 1.04 bits per heavy atom. The lowest BCUT2D eigenvalue weighted by Crippen LogP contribution is -2.33. The minimum atomic E-state index is -3.89. The summed E-state index contributed by atoms with van der Waals surface area (Å²) in [6.07, 6.45) is 1.63. The number of carbonyl (C=O) groups excluding carboxylic acids is 1. The van der Waals surface area contributed by atoms with E-state index in [4.69, 9.17) is 9.47 Å². The van der Waals surface area contributed by atoms with Gasteiger partial charge in [0.2, 0.25) is 15.9 Å². The van der Waals surface area contributed by atoms with Crippen LogP contribution in [0.5, 0.6) is 11.5 Å². The maximum atomic E-state index is 12.5. The summed E-state index contributed by atoms with van der Waals surface area (Å²) in [6, 6.07) is 13.4. The normalized spacial score (nSPS) is 13.3. The molecule has 2 N–H and O–H groups in total. The topological polar surface area (TPSA) is 107 Å². The van der Waals surface area contributed by atoms with Gasteiger partial charge in [-0.25, -0.2) is 13.1 Å². The van der Waals surface area contributed by atoms with Crippen LogP contribution in [0.1, 0.15) is 0 Å². The molecule has 1 aromatic heterocycles. The summed E-state index contributed by atoms with van der Waals surface area (Å²) in [5.74, 6) is 0.353. The molecule has 0 saturated carbocycles. The van der Waals surface area contributed by atoms with Crippen LogP contribution in [0, 0.1) is 0 Å². The minimum absolute atomic E-state index is 0.00335. The molecule has 0 unspecified atom stereocenters. The zero-order chi connectivity index (χ0) is 19.6. The lowest BCUT2D eigenvalue weighted by molar-refractivity contribution is -0.115. The molecular formula is C19H17N3O5S. The van der Waals surface area contributed by atoms with Gasteiger partial charge in [0.25, 0.3) is 0 Å². The molecule has 2 aromatic carbocycles. The fourth-order valence-electron chi connectivity index (χ4n) is 2.83. The summed E-state index contributed by atoms with van der Waals surface area (Å²) < 4.78 is 38.1. The van der Waals surface area contributed by atoms with E-state index in [1.54, 1.807) is 24.4 Å². The Bertz CT molecular complexity index is 1140. The van der Waals surface area contributed by atoms with Crippen molar-refractivity contribution < 1.29 is 22.7 Å². The molecule has 0 fully saturated rings. The number of carbonyl (C=O) groups is 1. The second kappa shape index (κ2) is 7.45. The molecule has 9 heteroatoms. The van der Waals surface area contributed by atoms with Crippen LogP contribution in [0.3, 0.4) is 0 Å². The molecule has 1 aliphatic heterocycles. The number of ether oxygens (including phenoxy) is 2. The van der Waals surface area contributed by atoms with Crippen molar-refractivity contribution in [3.63, 3.8) is 0 Å². The largest absolute Gasteiger partial charge is 0.486 e. The Hall–Kier alpha value is -3.17. The number of nitrogens with zero attached hydrogens (tertiary/aromatic N) is 1. The monoisotopic (exact) mass is 399 g/mol. The first-order valence-corrected chi connectivity index (χ1v) is 10.0. The van der Waals surface area contributed by atoms with E-state index in [9.17, 15) is 13.2 Å². The van der Waals surface area contributed by atoms with Gasteiger partial charge in [-0.05, 0) is 24.3 Å². The van der Waals surface area contributed by atoms with Crippen molar-refractivity contribution in [2.24, 2.45) is 0 Å². The molecule has 0 bridgehead atoms. The number of nitrogens with one attached hydrogen (secondary N) is 2. The van der Waals surface area contributed by atoms with E-state index >= 15 is 0 Å². The molecule has 0 aliphatic carbocycles. The number of hydrogen-bond acceptors (Lipinski definition) is 6. The number of hydrogen-bond donors (Lipinski definition) is 2. The Morgan fingerprint density at radius 2 is 1.82 bits per heavy atom. The third kappa shape index (κ3) is 3.75. The molecule has 0 saturated heterocycles. The van der Waals surface area contributed by atoms with E-state index in [0.717, 1.165) is 5.39 Å². The lowest BCUT2D eigenvalue weighted by atomic mass is 10.2. The van der Waals surface area contributed by atoms with Crippen molar-refractivity contribution in [3.05, 3.63) is 54.7 Å². The van der Waals surface area contributed by atoms with E-state index in [1.807, 2.05) is 12.1 Å². The highest BCUT2D eigenvalue weighted by molar-refractivity contribution is 7.89. The Kier molecular flexibility index (Phi) is 4.84. The van der Waals surface area contributed by atoms with Gasteiger partial charge in [0.15, 0.2) is 11.5 Å². The lowest BCUT2D eigenvalue weighted by Gasteiger charge is -2.18. The first kappa shape index (κ1) is 18.2. The highest BCUT2D eigenvalue weighted by atomic mass is 32.2. The molecule has 8 nitrogen and oxygen atoms in total. The molecule has 3 aromatic rings. The number of para-hydroxylation sites is 1. The SMILES string of the molecule is O=C(CNS(=O)(=O)c1ccc2c(c1)OCCO2)Nc1cccc2cccnc12. The number of benzene rings is 2. The predicted molar refractivity (Wildman–Crippen MR) is 103 cm³/mol. The van der Waals surface area contributed by atoms with Gasteiger partial charge < -0.3 is 14.8 Å². The van der Waals surface area contributed by atoms with E-state index < -0.39 is 22.5 Å². The van der Waals surface area contributed by atoms with Crippen molar-refractivity contribution in [2.45, 2.75) is 4.90 Å². The van der Waals surface area contributed by atoms with Crippen LogP contribution < -0.4 is 19.5 Å². The average molecular weight is 399 g/mol. The van der Waals surface area contributed by atoms with Crippen LogP contribution in [-0.4, -0.2) is 39.1 Å². The van der Waals surface area contributed by atoms with Crippen LogP contribution in [-0.2, 0) is 14.8 Å². The molecule has 0 radical (unpaired) electrons. The molecule has 1 amide bonds. The summed E-state index contributed by atoms with van der Waals surface area (Å²) in [5.41, 5.74) is 1.15. The molecule has 28 heavy (non-hydrogen) atoms. The van der Waals surface area contributed by atoms with E-state index in [1.165, 1.54) is 18.2 Å². The van der Waals surface area contributed by atoms with Crippen LogP contribution in [0.25, 0.3) is 10.9 Å². The molecule has 4 rings (SSSR count). The van der Waals surface area contributed by atoms with Crippen molar-refractivity contribution in [3.8, 4) is 11.5 Å². The fourth-order valence-corrected chi connectivity index (χ4v) is 3.83. The quantitative estimate of drug-likeness (QED) is 0.679. The number of fused-ring (bicyclic) bond motifs is 2. The molecule has 0 atom stereocenters. The van der Waals surface area contributed by atoms with Crippen LogP contribution in [0.2, 0.25) is 0 Å². The summed E-state index contributed by atoms with van der Waals surface area (Å²) in [7, 11) is -3.89. The van der Waals surface area contributed by atoms with E-state index in [0.29, 0.717) is 35.9 Å². The Morgan fingerprint density at radius 3 is 2.68 bits per heavy atom. The van der Waals surface area contributed by atoms with Gasteiger partial charge in [-0.1, -0.05) is 18.2 Å². The fraction of sp³-hybridized carbons (Fsp3) is 0.158. The van der Waals surface area contributed by atoms with E-state index in [-0.39, 0.29) is 4.90 Å². The highest BCUT2D eigenvalue weighted by Crippen LogP contribution is 2.32. The molecule has 1 aliphatic rings. The standard InChI is InChI=1S/C19H17N3O5S/c23-18(22-15-5-1-3-13-4-2-8-20-19(13)15)12-21-28(24,25)14-6-7-16-17(11-14)27-10-9-26-16/h1-8,11,21H,9-10,12H2,(H,22,23). The third-order valence-corrected chi connectivity index (χ3v) is 5.55. The maximum Gasteiger partial charge on any atom is 0.241 e. The van der Waals surface area contributed by atoms with Crippen LogP contribution in [0.4, 0.5) is 5.69 Å². The zero-order valence-electron chi connectivity index (χ0n) is 14.7. The molecule has 144 valence electrons. The van der Waals surface area contributed by atoms with Gasteiger partial charge in [-0.3, -0.25) is 9.78 Å². The summed E-state index contributed by atoms with van der Waals surface area (Å²) >= 11 is 0. The van der Waals surface area contributed by atoms with Crippen molar-refractivity contribution in [1.82, 2.24) is 9.71 Å². The smallest absolute Gasteiger partial charge is 0.241 e. The summed E-state index contributed by atoms with van der Waals surface area (Å²) in [5, 5.41) is 3.56. The number of amides is 1. The van der Waals surface area contributed by atoms with Gasteiger partial charge in [0.1, 0.15) is 13.2 Å². The maximum absolute atomic E-state index is 12.5. The van der Waals surface area contributed by atoms with Crippen molar-refractivity contribution in [1.29, 1.82) is 0 Å². The van der Waals surface area contributed by atoms with Gasteiger partial charge >= 0.3 is 0 Å². The number of pyridine rings is 1. The summed E-state index contributed by atoms with van der Waals surface area (Å²) in [6.45, 7) is 0.353. The van der Waals surface area contributed by atoms with Crippen LogP contribution in [0.15, 0.2) is 59.6 Å². The first-order chi connectivity index (χ1) is 13.5. The first-order valence-electron chi connectivity index (χ1n) is 8.56. The van der Waals surface area contributed by atoms with Crippen LogP contribution >= 0.6 is 0 Å². The third-order valence-electron chi connectivity index (χ3n) is 4.15. The van der Waals surface area contributed by atoms with Crippen molar-refractivity contribution >= 4 is 32.5 Å². The predicted octanol–water partition coefficient (Wildman–Crippen LogP) is 1.92. The number of rotatable bonds is 5. The molecule has 2 heterocycles. The number of sulfonamides is 1. The summed E-state index contributed by atoms with van der Waals surface area (Å²) in [4.78, 5) is 16.5. The van der Waals surface area contributed by atoms with Gasteiger partial charge in [-0.15, -0.1) is 0 Å². The highest BCUT2D eigenvalue weighted by Gasteiger charge is 2.20. The Balaban J connectivity index is 1.45. The van der Waals surface area contributed by atoms with Gasteiger partial charge in [-0.2, -0.15) is 0 Å². The average Bonchev–Trinajstić information content (AvgIpc) is 2.72. The molecule has 0 spiro atoms. The zero-order valence-corrected chi connectivity index (χ0v) is 15.5. The second-order valence-corrected chi connectivity index (χ2v) is 7.83. The minimum Gasteiger partial charge on any atom is -0.486 e. The van der Waals surface area contributed by atoms with Gasteiger partial charge in [0.05, 0.1) is 22.6 Å². The van der Waals surface area contributed by atoms with Gasteiger partial charge in [0, 0.05) is 17.6 Å².